The van der Waals surface area contributed by atoms with Crippen molar-refractivity contribution in [3.8, 4) is 5.75 Å². The minimum Gasteiger partial charge on any atom is -0.496 e. The van der Waals surface area contributed by atoms with Crippen LogP contribution < -0.4 is 15.4 Å². The molecule has 3 N–H and O–H groups in total. The number of fused-ring (bicyclic) bond motifs is 1. The predicted molar refractivity (Wildman–Crippen MR) is 150 cm³/mol. The molecule has 7 heteroatoms. The van der Waals surface area contributed by atoms with Gasteiger partial charge in [-0.15, -0.1) is 0 Å². The highest BCUT2D eigenvalue weighted by atomic mass is 16.5. The first-order valence-corrected chi connectivity index (χ1v) is 14.0. The van der Waals surface area contributed by atoms with Gasteiger partial charge < -0.3 is 20.5 Å². The van der Waals surface area contributed by atoms with Crippen LogP contribution in [-0.4, -0.2) is 48.0 Å². The van der Waals surface area contributed by atoms with Crippen molar-refractivity contribution < 1.29 is 24.2 Å². The van der Waals surface area contributed by atoms with Gasteiger partial charge in [-0.25, -0.2) is 0 Å². The molecular formula is C33H34N2O5. The number of ketones is 1. The van der Waals surface area contributed by atoms with Crippen molar-refractivity contribution in [2.24, 2.45) is 5.92 Å². The van der Waals surface area contributed by atoms with Gasteiger partial charge in [-0.1, -0.05) is 72.8 Å². The number of hydrogen-bond acceptors (Lipinski definition) is 5. The Bertz CT molecular complexity index is 1460. The number of carbonyl (C=O) groups excluding carboxylic acids is 2. The molecule has 7 nitrogen and oxygen atoms in total. The van der Waals surface area contributed by atoms with Gasteiger partial charge in [0.05, 0.1) is 25.1 Å². The SMILES string of the molecule is COc1ccccc1CC(=O)C1NCC2(NC(=O)CCC(=O)O)C3CCC(c4ccccc4)(c4ccccc43)C12. The number of hydrogen-bond donors (Lipinski definition) is 3. The molecule has 2 fully saturated rings. The number of carboxylic acid groups (broad SMARTS) is 1. The van der Waals surface area contributed by atoms with Crippen LogP contribution in [0.25, 0.3) is 0 Å². The third-order valence-electron chi connectivity index (χ3n) is 9.43. The summed E-state index contributed by atoms with van der Waals surface area (Å²) in [6.45, 7) is 0.437. The number of ether oxygens (including phenoxy) is 1. The van der Waals surface area contributed by atoms with Gasteiger partial charge in [-0.05, 0) is 35.6 Å². The number of aliphatic carboxylic acids is 1. The van der Waals surface area contributed by atoms with Crippen molar-refractivity contribution in [1.29, 1.82) is 0 Å². The number of nitrogens with one attached hydrogen (secondary N) is 2. The molecule has 1 aliphatic heterocycles. The second-order valence-electron chi connectivity index (χ2n) is 11.3. The second kappa shape index (κ2) is 10.2. The molecule has 3 aromatic rings. The fourth-order valence-electron chi connectivity index (χ4n) is 8.01. The zero-order chi connectivity index (χ0) is 27.9. The first-order valence-electron chi connectivity index (χ1n) is 14.0. The van der Waals surface area contributed by atoms with Crippen LogP contribution in [0.3, 0.4) is 0 Å². The molecule has 1 heterocycles. The van der Waals surface area contributed by atoms with E-state index in [0.717, 1.165) is 24.0 Å². The van der Waals surface area contributed by atoms with Crippen molar-refractivity contribution >= 4 is 17.7 Å². The quantitative estimate of drug-likeness (QED) is 0.381. The van der Waals surface area contributed by atoms with Gasteiger partial charge in [0.25, 0.3) is 0 Å². The Morgan fingerprint density at radius 2 is 1.70 bits per heavy atom. The highest BCUT2D eigenvalue weighted by Gasteiger charge is 2.69. The topological polar surface area (TPSA) is 105 Å². The summed E-state index contributed by atoms with van der Waals surface area (Å²) >= 11 is 0. The third kappa shape index (κ3) is 4.03. The van der Waals surface area contributed by atoms with E-state index in [4.69, 9.17) is 4.74 Å². The van der Waals surface area contributed by atoms with E-state index in [1.165, 1.54) is 11.1 Å². The van der Waals surface area contributed by atoms with E-state index in [1.807, 2.05) is 48.5 Å². The van der Waals surface area contributed by atoms with Crippen LogP contribution in [0.1, 0.15) is 53.9 Å². The molecule has 40 heavy (non-hydrogen) atoms. The lowest BCUT2D eigenvalue weighted by Crippen LogP contribution is -2.70. The smallest absolute Gasteiger partial charge is 0.303 e. The third-order valence-corrected chi connectivity index (χ3v) is 9.43. The van der Waals surface area contributed by atoms with Gasteiger partial charge in [-0.3, -0.25) is 14.4 Å². The molecule has 0 spiro atoms. The van der Waals surface area contributed by atoms with E-state index >= 15 is 0 Å². The van der Waals surface area contributed by atoms with Crippen molar-refractivity contribution in [1.82, 2.24) is 10.6 Å². The predicted octanol–water partition coefficient (Wildman–Crippen LogP) is 3.99. The Morgan fingerprint density at radius 3 is 2.48 bits per heavy atom. The summed E-state index contributed by atoms with van der Waals surface area (Å²) in [4.78, 5) is 38.8. The molecule has 0 radical (unpaired) electrons. The van der Waals surface area contributed by atoms with E-state index in [-0.39, 0.29) is 42.8 Å². The number of carboxylic acids is 1. The first-order chi connectivity index (χ1) is 19.4. The molecule has 3 aromatic carbocycles. The summed E-state index contributed by atoms with van der Waals surface area (Å²) < 4.78 is 5.54. The maximum atomic E-state index is 14.2. The fraction of sp³-hybridized carbons (Fsp3) is 0.364. The van der Waals surface area contributed by atoms with Crippen molar-refractivity contribution in [2.45, 2.75) is 55.0 Å². The van der Waals surface area contributed by atoms with Crippen molar-refractivity contribution in [3.05, 3.63) is 101 Å². The van der Waals surface area contributed by atoms with E-state index < -0.39 is 23.0 Å². The molecule has 2 bridgehead atoms. The summed E-state index contributed by atoms with van der Waals surface area (Å²) in [5, 5.41) is 16.2. The number of benzene rings is 3. The number of Topliss-reactive ketones (excluding diaryl/α,β-unsaturated/α-hetero) is 1. The Balaban J connectivity index is 1.49. The van der Waals surface area contributed by atoms with Gasteiger partial charge in [-0.2, -0.15) is 0 Å². The van der Waals surface area contributed by atoms with E-state index in [2.05, 4.69) is 41.0 Å². The summed E-state index contributed by atoms with van der Waals surface area (Å²) in [6, 6.07) is 25.9. The lowest BCUT2D eigenvalue weighted by molar-refractivity contribution is -0.139. The van der Waals surface area contributed by atoms with E-state index in [0.29, 0.717) is 12.3 Å². The van der Waals surface area contributed by atoms with Crippen LogP contribution in [0.15, 0.2) is 78.9 Å². The number of rotatable bonds is 9. The fourth-order valence-corrected chi connectivity index (χ4v) is 8.01. The van der Waals surface area contributed by atoms with Gasteiger partial charge in [0, 0.05) is 42.2 Å². The molecule has 7 rings (SSSR count). The number of amides is 1. The summed E-state index contributed by atoms with van der Waals surface area (Å²) in [5.74, 6) is -0.821. The summed E-state index contributed by atoms with van der Waals surface area (Å²) in [5.41, 5.74) is 3.14. The van der Waals surface area contributed by atoms with E-state index in [9.17, 15) is 19.5 Å². The lowest BCUT2D eigenvalue weighted by Gasteiger charge is -2.62. The molecule has 5 unspecified atom stereocenters. The first kappa shape index (κ1) is 26.3. The van der Waals surface area contributed by atoms with Crippen LogP contribution in [0.5, 0.6) is 5.75 Å². The molecule has 5 atom stereocenters. The molecule has 4 aliphatic rings. The van der Waals surface area contributed by atoms with Gasteiger partial charge in [0.2, 0.25) is 5.91 Å². The van der Waals surface area contributed by atoms with E-state index in [1.54, 1.807) is 7.11 Å². The number of para-hydroxylation sites is 1. The molecule has 1 saturated heterocycles. The van der Waals surface area contributed by atoms with Crippen molar-refractivity contribution in [2.75, 3.05) is 13.7 Å². The highest BCUT2D eigenvalue weighted by molar-refractivity contribution is 5.89. The van der Waals surface area contributed by atoms with Gasteiger partial charge in [0.15, 0.2) is 5.78 Å². The van der Waals surface area contributed by atoms with Crippen LogP contribution in [0.4, 0.5) is 0 Å². The minimum absolute atomic E-state index is 0.00428. The molecule has 1 saturated carbocycles. The van der Waals surface area contributed by atoms with Crippen LogP contribution >= 0.6 is 0 Å². The van der Waals surface area contributed by atoms with Crippen LogP contribution in [0.2, 0.25) is 0 Å². The average Bonchev–Trinajstić information content (AvgIpc) is 3.39. The molecule has 206 valence electrons. The van der Waals surface area contributed by atoms with Crippen LogP contribution in [0, 0.1) is 5.92 Å². The maximum Gasteiger partial charge on any atom is 0.303 e. The molecule has 1 amide bonds. The maximum absolute atomic E-state index is 14.2. The Hall–Kier alpha value is -3.97. The largest absolute Gasteiger partial charge is 0.496 e. The number of carbonyl (C=O) groups is 3. The monoisotopic (exact) mass is 538 g/mol. The zero-order valence-corrected chi connectivity index (χ0v) is 22.6. The number of methoxy groups -OCH3 is 1. The Labute approximate surface area is 233 Å². The normalized spacial score (nSPS) is 27.9. The summed E-state index contributed by atoms with van der Waals surface area (Å²) in [7, 11) is 1.61. The standard InChI is InChI=1S/C33H34N2O5/c1-40-27-14-8-5-9-21(27)19-26(36)30-31-32(22-10-3-2-4-11-22)18-17-25(23-12-6-7-13-24(23)32)33(31,20-34-30)35-28(37)15-16-29(38)39/h2-14,25,30-31,34H,15-20H2,1H3,(H,35,37)(H,38,39). The van der Waals surface area contributed by atoms with Gasteiger partial charge in [0.1, 0.15) is 5.75 Å². The molecular weight excluding hydrogens is 504 g/mol. The van der Waals surface area contributed by atoms with Crippen molar-refractivity contribution in [3.63, 3.8) is 0 Å². The average molecular weight is 539 g/mol. The van der Waals surface area contributed by atoms with Gasteiger partial charge >= 0.3 is 5.97 Å². The second-order valence-corrected chi connectivity index (χ2v) is 11.3. The molecule has 3 aliphatic carbocycles. The summed E-state index contributed by atoms with van der Waals surface area (Å²) in [6.07, 6.45) is 1.59. The highest BCUT2D eigenvalue weighted by Crippen LogP contribution is 2.65. The Kier molecular flexibility index (Phi) is 6.70. The molecule has 0 aromatic heterocycles. The minimum atomic E-state index is -1.00. The Morgan fingerprint density at radius 1 is 0.975 bits per heavy atom. The zero-order valence-electron chi connectivity index (χ0n) is 22.6. The lowest BCUT2D eigenvalue weighted by atomic mass is 9.43. The van der Waals surface area contributed by atoms with Crippen LogP contribution in [-0.2, 0) is 26.2 Å².